The molecule has 1 amide bonds. The predicted octanol–water partition coefficient (Wildman–Crippen LogP) is 3.79. The van der Waals surface area contributed by atoms with Crippen LogP contribution in [-0.2, 0) is 10.2 Å². The molecular weight excluding hydrogens is 290 g/mol. The Morgan fingerprint density at radius 1 is 1.22 bits per heavy atom. The fourth-order valence-corrected chi connectivity index (χ4v) is 2.00. The van der Waals surface area contributed by atoms with E-state index in [4.69, 9.17) is 9.15 Å². The van der Waals surface area contributed by atoms with Crippen molar-refractivity contribution in [3.63, 3.8) is 0 Å². The highest BCUT2D eigenvalue weighted by Crippen LogP contribution is 2.24. The molecule has 0 saturated carbocycles. The van der Waals surface area contributed by atoms with E-state index in [1.807, 2.05) is 12.1 Å². The van der Waals surface area contributed by atoms with Crippen molar-refractivity contribution in [2.45, 2.75) is 26.2 Å². The average Bonchev–Trinajstić information content (AvgIpc) is 3.02. The Hall–Kier alpha value is -2.49. The quantitative estimate of drug-likeness (QED) is 0.652. The van der Waals surface area contributed by atoms with Gasteiger partial charge in [-0.15, -0.1) is 0 Å². The number of nitrogens with one attached hydrogen (secondary N) is 1. The maximum atomic E-state index is 11.6. The van der Waals surface area contributed by atoms with Crippen LogP contribution in [0.25, 0.3) is 6.08 Å². The van der Waals surface area contributed by atoms with E-state index in [-0.39, 0.29) is 11.3 Å². The van der Waals surface area contributed by atoms with Gasteiger partial charge in [-0.1, -0.05) is 32.9 Å². The number of benzene rings is 1. The smallest absolute Gasteiger partial charge is 0.244 e. The lowest BCUT2D eigenvalue weighted by atomic mass is 9.87. The topological polar surface area (TPSA) is 51.5 Å². The molecule has 0 aliphatic heterocycles. The number of hydrogen-bond donors (Lipinski definition) is 1. The molecule has 0 radical (unpaired) electrons. The van der Waals surface area contributed by atoms with Crippen molar-refractivity contribution in [2.24, 2.45) is 0 Å². The van der Waals surface area contributed by atoms with Gasteiger partial charge in [0.05, 0.1) is 12.8 Å². The fourth-order valence-electron chi connectivity index (χ4n) is 2.00. The lowest BCUT2D eigenvalue weighted by molar-refractivity contribution is -0.116. The van der Waals surface area contributed by atoms with Gasteiger partial charge in [0.2, 0.25) is 5.91 Å². The second kappa shape index (κ2) is 7.68. The molecule has 2 rings (SSSR count). The van der Waals surface area contributed by atoms with Gasteiger partial charge < -0.3 is 14.5 Å². The van der Waals surface area contributed by atoms with Gasteiger partial charge in [0.1, 0.15) is 18.1 Å². The van der Waals surface area contributed by atoms with Gasteiger partial charge in [-0.3, -0.25) is 4.79 Å². The minimum atomic E-state index is -0.173. The zero-order chi connectivity index (χ0) is 16.7. The fraction of sp³-hybridized carbons (Fsp3) is 0.316. The van der Waals surface area contributed by atoms with Gasteiger partial charge in [-0.2, -0.15) is 0 Å². The van der Waals surface area contributed by atoms with Gasteiger partial charge >= 0.3 is 0 Å². The maximum absolute atomic E-state index is 11.6. The Morgan fingerprint density at radius 2 is 1.96 bits per heavy atom. The summed E-state index contributed by atoms with van der Waals surface area (Å²) in [5, 5.41) is 2.76. The summed E-state index contributed by atoms with van der Waals surface area (Å²) in [5.41, 5.74) is 1.40. The van der Waals surface area contributed by atoms with Crippen LogP contribution in [0.2, 0.25) is 0 Å². The van der Waals surface area contributed by atoms with Gasteiger partial charge in [0, 0.05) is 6.08 Å². The first kappa shape index (κ1) is 16.9. The van der Waals surface area contributed by atoms with Gasteiger partial charge in [-0.05, 0) is 41.3 Å². The standard InChI is InChI=1S/C19H23NO3/c1-19(2,3)15-6-8-17(9-7-15)23-14-12-20-18(21)11-10-16-5-4-13-22-16/h4-11,13H,12,14H2,1-3H3,(H,20,21)/b11-10+. The monoisotopic (exact) mass is 313 g/mol. The third-order valence-electron chi connectivity index (χ3n) is 3.33. The van der Waals surface area contributed by atoms with Crippen LogP contribution < -0.4 is 10.1 Å². The Labute approximate surface area is 137 Å². The molecule has 122 valence electrons. The van der Waals surface area contributed by atoms with E-state index in [0.717, 1.165) is 5.75 Å². The molecule has 0 bridgehead atoms. The molecular formula is C19H23NO3. The Kier molecular flexibility index (Phi) is 5.63. The lowest BCUT2D eigenvalue weighted by Crippen LogP contribution is -2.26. The summed E-state index contributed by atoms with van der Waals surface area (Å²) in [4.78, 5) is 11.6. The average molecular weight is 313 g/mol. The number of amides is 1. The van der Waals surface area contributed by atoms with Gasteiger partial charge in [0.15, 0.2) is 0 Å². The summed E-state index contributed by atoms with van der Waals surface area (Å²) in [5.74, 6) is 1.28. The predicted molar refractivity (Wildman–Crippen MR) is 91.4 cm³/mol. The third kappa shape index (κ3) is 5.66. The van der Waals surface area contributed by atoms with E-state index < -0.39 is 0 Å². The highest BCUT2D eigenvalue weighted by Gasteiger charge is 2.12. The molecule has 1 aromatic heterocycles. The van der Waals surface area contributed by atoms with E-state index in [2.05, 4.69) is 38.2 Å². The highest BCUT2D eigenvalue weighted by atomic mass is 16.5. The molecule has 0 saturated heterocycles. The van der Waals surface area contributed by atoms with Crippen LogP contribution in [0.5, 0.6) is 5.75 Å². The Morgan fingerprint density at radius 3 is 2.57 bits per heavy atom. The number of rotatable bonds is 6. The molecule has 4 heteroatoms. The summed E-state index contributed by atoms with van der Waals surface area (Å²) < 4.78 is 10.7. The van der Waals surface area contributed by atoms with E-state index in [9.17, 15) is 4.79 Å². The van der Waals surface area contributed by atoms with Crippen molar-refractivity contribution in [3.8, 4) is 5.75 Å². The molecule has 0 spiro atoms. The second-order valence-electron chi connectivity index (χ2n) is 6.26. The van der Waals surface area contributed by atoms with Crippen LogP contribution in [0.1, 0.15) is 32.1 Å². The molecule has 23 heavy (non-hydrogen) atoms. The van der Waals surface area contributed by atoms with Crippen molar-refractivity contribution in [1.82, 2.24) is 5.32 Å². The highest BCUT2D eigenvalue weighted by molar-refractivity contribution is 5.91. The molecule has 1 aromatic carbocycles. The van der Waals surface area contributed by atoms with E-state index >= 15 is 0 Å². The van der Waals surface area contributed by atoms with Crippen molar-refractivity contribution in [2.75, 3.05) is 13.2 Å². The summed E-state index contributed by atoms with van der Waals surface area (Å²) in [7, 11) is 0. The van der Waals surface area contributed by atoms with Crippen LogP contribution in [0, 0.1) is 0 Å². The first-order valence-corrected chi connectivity index (χ1v) is 7.68. The van der Waals surface area contributed by atoms with Crippen molar-refractivity contribution >= 4 is 12.0 Å². The zero-order valence-electron chi connectivity index (χ0n) is 13.8. The minimum absolute atomic E-state index is 0.132. The third-order valence-corrected chi connectivity index (χ3v) is 3.33. The second-order valence-corrected chi connectivity index (χ2v) is 6.26. The van der Waals surface area contributed by atoms with Crippen LogP contribution >= 0.6 is 0 Å². The Bertz CT molecular complexity index is 634. The molecule has 1 heterocycles. The van der Waals surface area contributed by atoms with Crippen LogP contribution in [0.4, 0.5) is 0 Å². The summed E-state index contributed by atoms with van der Waals surface area (Å²) in [6.45, 7) is 7.40. The van der Waals surface area contributed by atoms with Crippen molar-refractivity contribution in [1.29, 1.82) is 0 Å². The number of ether oxygens (including phenoxy) is 1. The van der Waals surface area contributed by atoms with Crippen LogP contribution in [0.15, 0.2) is 53.2 Å². The summed E-state index contributed by atoms with van der Waals surface area (Å²) in [6, 6.07) is 11.6. The first-order chi connectivity index (χ1) is 10.9. The van der Waals surface area contributed by atoms with Gasteiger partial charge in [0.25, 0.3) is 0 Å². The molecule has 1 N–H and O–H groups in total. The number of carbonyl (C=O) groups excluding carboxylic acids is 1. The van der Waals surface area contributed by atoms with Crippen LogP contribution in [-0.4, -0.2) is 19.1 Å². The number of furan rings is 1. The van der Waals surface area contributed by atoms with Gasteiger partial charge in [-0.25, -0.2) is 0 Å². The molecule has 0 atom stereocenters. The molecule has 4 nitrogen and oxygen atoms in total. The Balaban J connectivity index is 1.70. The molecule has 2 aromatic rings. The van der Waals surface area contributed by atoms with E-state index in [1.54, 1.807) is 24.5 Å². The van der Waals surface area contributed by atoms with Crippen LogP contribution in [0.3, 0.4) is 0 Å². The van der Waals surface area contributed by atoms with E-state index in [1.165, 1.54) is 11.6 Å². The number of hydrogen-bond acceptors (Lipinski definition) is 3. The molecule has 0 aliphatic rings. The zero-order valence-corrected chi connectivity index (χ0v) is 13.8. The van der Waals surface area contributed by atoms with Crippen molar-refractivity contribution in [3.05, 3.63) is 60.1 Å². The largest absolute Gasteiger partial charge is 0.492 e. The summed E-state index contributed by atoms with van der Waals surface area (Å²) in [6.07, 6.45) is 4.63. The van der Waals surface area contributed by atoms with E-state index in [0.29, 0.717) is 18.9 Å². The maximum Gasteiger partial charge on any atom is 0.244 e. The lowest BCUT2D eigenvalue weighted by Gasteiger charge is -2.19. The summed E-state index contributed by atoms with van der Waals surface area (Å²) >= 11 is 0. The molecule has 0 fully saturated rings. The molecule has 0 aliphatic carbocycles. The SMILES string of the molecule is CC(C)(C)c1ccc(OCCNC(=O)/C=C/c2ccco2)cc1. The molecule has 0 unspecified atom stereocenters. The van der Waals surface area contributed by atoms with Crippen molar-refractivity contribution < 1.29 is 13.9 Å². The first-order valence-electron chi connectivity index (χ1n) is 7.68. The number of carbonyl (C=O) groups is 1. The minimum Gasteiger partial charge on any atom is -0.492 e. The normalized spacial score (nSPS) is 11.6.